The lowest BCUT2D eigenvalue weighted by Crippen LogP contribution is -2.18. The topological polar surface area (TPSA) is 55.6 Å². The highest BCUT2D eigenvalue weighted by Crippen LogP contribution is 2.20. The number of carbonyl (C=O) groups is 1. The van der Waals surface area contributed by atoms with Crippen LogP contribution in [0.25, 0.3) is 0 Å². The van der Waals surface area contributed by atoms with E-state index in [4.69, 9.17) is 10.5 Å². The number of rotatable bonds is 7. The van der Waals surface area contributed by atoms with E-state index < -0.39 is 0 Å². The van der Waals surface area contributed by atoms with Crippen molar-refractivity contribution in [3.63, 3.8) is 0 Å². The van der Waals surface area contributed by atoms with Crippen molar-refractivity contribution in [2.24, 2.45) is 0 Å². The Balaban J connectivity index is 2.77. The first-order valence-electron chi connectivity index (χ1n) is 6.78. The predicted octanol–water partition coefficient (Wildman–Crippen LogP) is 2.22. The van der Waals surface area contributed by atoms with E-state index in [0.717, 1.165) is 24.3 Å². The molecule has 1 rings (SSSR count). The van der Waals surface area contributed by atoms with Gasteiger partial charge in [0.15, 0.2) is 0 Å². The standard InChI is InChI=1S/C15H24N2O2/c1-4-17(3)11-12-7-6-8-14(16)13(12)9-10-15(18)19-5-2/h6-8H,4-5,9-11,16H2,1-3H3. The van der Waals surface area contributed by atoms with Crippen LogP contribution >= 0.6 is 0 Å². The smallest absolute Gasteiger partial charge is 0.306 e. The van der Waals surface area contributed by atoms with Crippen molar-refractivity contribution in [2.45, 2.75) is 33.2 Å². The number of hydrogen-bond donors (Lipinski definition) is 1. The monoisotopic (exact) mass is 264 g/mol. The van der Waals surface area contributed by atoms with Gasteiger partial charge in [-0.3, -0.25) is 4.79 Å². The van der Waals surface area contributed by atoms with E-state index >= 15 is 0 Å². The van der Waals surface area contributed by atoms with Gasteiger partial charge < -0.3 is 15.4 Å². The molecule has 0 saturated heterocycles. The zero-order chi connectivity index (χ0) is 14.3. The summed E-state index contributed by atoms with van der Waals surface area (Å²) in [5.41, 5.74) is 9.04. The lowest BCUT2D eigenvalue weighted by atomic mass is 10.0. The van der Waals surface area contributed by atoms with Crippen LogP contribution < -0.4 is 5.73 Å². The first kappa shape index (κ1) is 15.5. The van der Waals surface area contributed by atoms with Gasteiger partial charge in [0.2, 0.25) is 0 Å². The molecule has 4 heteroatoms. The Morgan fingerprint density at radius 1 is 1.37 bits per heavy atom. The maximum absolute atomic E-state index is 11.4. The molecule has 0 atom stereocenters. The summed E-state index contributed by atoms with van der Waals surface area (Å²) in [5, 5.41) is 0. The Morgan fingerprint density at radius 2 is 2.11 bits per heavy atom. The molecule has 106 valence electrons. The summed E-state index contributed by atoms with van der Waals surface area (Å²) in [4.78, 5) is 13.7. The summed E-state index contributed by atoms with van der Waals surface area (Å²) < 4.78 is 4.96. The second kappa shape index (κ2) is 7.79. The van der Waals surface area contributed by atoms with Crippen molar-refractivity contribution in [3.05, 3.63) is 29.3 Å². The van der Waals surface area contributed by atoms with Gasteiger partial charge >= 0.3 is 5.97 Å². The molecule has 1 aromatic carbocycles. The molecular formula is C15H24N2O2. The Morgan fingerprint density at radius 3 is 2.74 bits per heavy atom. The maximum atomic E-state index is 11.4. The molecular weight excluding hydrogens is 240 g/mol. The van der Waals surface area contributed by atoms with Crippen LogP contribution in [0.4, 0.5) is 5.69 Å². The van der Waals surface area contributed by atoms with Crippen molar-refractivity contribution in [1.82, 2.24) is 4.90 Å². The van der Waals surface area contributed by atoms with E-state index in [1.807, 2.05) is 19.1 Å². The number of carbonyl (C=O) groups excluding carboxylic acids is 1. The molecule has 0 aliphatic carbocycles. The number of hydrogen-bond acceptors (Lipinski definition) is 4. The average Bonchev–Trinajstić information content (AvgIpc) is 2.38. The highest BCUT2D eigenvalue weighted by Gasteiger charge is 2.10. The average molecular weight is 264 g/mol. The second-order valence-electron chi connectivity index (χ2n) is 4.62. The molecule has 19 heavy (non-hydrogen) atoms. The minimum absolute atomic E-state index is 0.166. The Bertz CT molecular complexity index is 419. The fraction of sp³-hybridized carbons (Fsp3) is 0.533. The number of anilines is 1. The molecule has 2 N–H and O–H groups in total. The Kier molecular flexibility index (Phi) is 6.36. The summed E-state index contributed by atoms with van der Waals surface area (Å²) in [6, 6.07) is 5.92. The molecule has 0 fully saturated rings. The van der Waals surface area contributed by atoms with Crippen molar-refractivity contribution >= 4 is 11.7 Å². The van der Waals surface area contributed by atoms with E-state index in [9.17, 15) is 4.79 Å². The Labute approximate surface area is 115 Å². The van der Waals surface area contributed by atoms with Gasteiger partial charge in [-0.1, -0.05) is 19.1 Å². The number of benzene rings is 1. The van der Waals surface area contributed by atoms with Crippen LogP contribution in [-0.2, 0) is 22.5 Å². The third kappa shape index (κ3) is 4.91. The molecule has 0 amide bonds. The highest BCUT2D eigenvalue weighted by atomic mass is 16.5. The fourth-order valence-corrected chi connectivity index (χ4v) is 1.97. The summed E-state index contributed by atoms with van der Waals surface area (Å²) in [6.45, 7) is 6.18. The van der Waals surface area contributed by atoms with Crippen LogP contribution in [-0.4, -0.2) is 31.1 Å². The molecule has 0 heterocycles. The van der Waals surface area contributed by atoms with Gasteiger partial charge in [0.25, 0.3) is 0 Å². The number of nitrogens with zero attached hydrogens (tertiary/aromatic N) is 1. The van der Waals surface area contributed by atoms with Crippen LogP contribution in [0.2, 0.25) is 0 Å². The Hall–Kier alpha value is -1.55. The van der Waals surface area contributed by atoms with Crippen molar-refractivity contribution < 1.29 is 9.53 Å². The molecule has 0 radical (unpaired) electrons. The van der Waals surface area contributed by atoms with E-state index in [1.165, 1.54) is 5.56 Å². The number of nitrogens with two attached hydrogens (primary N) is 1. The summed E-state index contributed by atoms with van der Waals surface area (Å²) in [5.74, 6) is -0.166. The molecule has 0 spiro atoms. The van der Waals surface area contributed by atoms with E-state index in [0.29, 0.717) is 19.4 Å². The van der Waals surface area contributed by atoms with Crippen molar-refractivity contribution in [2.75, 3.05) is 25.9 Å². The van der Waals surface area contributed by atoms with Gasteiger partial charge in [0, 0.05) is 18.7 Å². The van der Waals surface area contributed by atoms with E-state index in [2.05, 4.69) is 24.9 Å². The van der Waals surface area contributed by atoms with Crippen molar-refractivity contribution in [3.8, 4) is 0 Å². The van der Waals surface area contributed by atoms with Crippen LogP contribution in [0.5, 0.6) is 0 Å². The normalized spacial score (nSPS) is 10.7. The zero-order valence-corrected chi connectivity index (χ0v) is 12.1. The predicted molar refractivity (Wildman–Crippen MR) is 77.8 cm³/mol. The van der Waals surface area contributed by atoms with Crippen LogP contribution in [0.1, 0.15) is 31.4 Å². The highest BCUT2D eigenvalue weighted by molar-refractivity contribution is 5.70. The summed E-state index contributed by atoms with van der Waals surface area (Å²) in [6.07, 6.45) is 1.02. The molecule has 4 nitrogen and oxygen atoms in total. The van der Waals surface area contributed by atoms with E-state index in [1.54, 1.807) is 0 Å². The number of ether oxygens (including phenoxy) is 1. The van der Waals surface area contributed by atoms with Crippen LogP contribution in [0.15, 0.2) is 18.2 Å². The third-order valence-corrected chi connectivity index (χ3v) is 3.17. The number of esters is 1. The zero-order valence-electron chi connectivity index (χ0n) is 12.1. The fourth-order valence-electron chi connectivity index (χ4n) is 1.97. The largest absolute Gasteiger partial charge is 0.466 e. The summed E-state index contributed by atoms with van der Waals surface area (Å²) >= 11 is 0. The lowest BCUT2D eigenvalue weighted by Gasteiger charge is -2.18. The molecule has 0 aromatic heterocycles. The van der Waals surface area contributed by atoms with Gasteiger partial charge in [-0.2, -0.15) is 0 Å². The molecule has 0 aliphatic rings. The van der Waals surface area contributed by atoms with Crippen molar-refractivity contribution in [1.29, 1.82) is 0 Å². The minimum Gasteiger partial charge on any atom is -0.466 e. The van der Waals surface area contributed by atoms with Gasteiger partial charge in [0.05, 0.1) is 6.61 Å². The SMILES string of the molecule is CCOC(=O)CCc1c(N)cccc1CN(C)CC. The van der Waals surface area contributed by atoms with Crippen LogP contribution in [0, 0.1) is 0 Å². The quantitative estimate of drug-likeness (QED) is 0.606. The first-order valence-corrected chi connectivity index (χ1v) is 6.78. The second-order valence-corrected chi connectivity index (χ2v) is 4.62. The van der Waals surface area contributed by atoms with Crippen LogP contribution in [0.3, 0.4) is 0 Å². The van der Waals surface area contributed by atoms with Gasteiger partial charge in [-0.15, -0.1) is 0 Å². The van der Waals surface area contributed by atoms with Gasteiger partial charge in [-0.05, 0) is 44.1 Å². The number of nitrogen functional groups attached to an aromatic ring is 1. The molecule has 1 aromatic rings. The van der Waals surface area contributed by atoms with Gasteiger partial charge in [0.1, 0.15) is 0 Å². The summed E-state index contributed by atoms with van der Waals surface area (Å²) in [7, 11) is 2.07. The maximum Gasteiger partial charge on any atom is 0.306 e. The molecule has 0 saturated carbocycles. The lowest BCUT2D eigenvalue weighted by molar-refractivity contribution is -0.143. The third-order valence-electron chi connectivity index (χ3n) is 3.17. The first-order chi connectivity index (χ1) is 9.08. The minimum atomic E-state index is -0.166. The van der Waals surface area contributed by atoms with Gasteiger partial charge in [-0.25, -0.2) is 0 Å². The molecule has 0 bridgehead atoms. The molecule has 0 unspecified atom stereocenters. The molecule has 0 aliphatic heterocycles. The van der Waals surface area contributed by atoms with E-state index in [-0.39, 0.29) is 5.97 Å².